The van der Waals surface area contributed by atoms with Crippen molar-refractivity contribution in [2.24, 2.45) is 0 Å². The van der Waals surface area contributed by atoms with Gasteiger partial charge in [0, 0.05) is 6.07 Å². The van der Waals surface area contributed by atoms with E-state index >= 15 is 0 Å². The van der Waals surface area contributed by atoms with Crippen LogP contribution in [0, 0.1) is 4.77 Å². The lowest BCUT2D eigenvalue weighted by Crippen LogP contribution is -2.16. The van der Waals surface area contributed by atoms with Crippen molar-refractivity contribution in [3.63, 3.8) is 0 Å². The number of carboxylic acid groups (broad SMARTS) is 1. The standard InChI is InChI=1S/C6H4N4O3S/c11-3-1-2(4(12)13)7-5-8-9-6(14)10(3)5/h1H,(H,7,8)(H,9,14)(H,12,13). The second-order valence-corrected chi connectivity index (χ2v) is 2.89. The fraction of sp³-hybridized carbons (Fsp3) is 0. The number of aromatic amines is 2. The van der Waals surface area contributed by atoms with Crippen LogP contribution in [-0.2, 0) is 0 Å². The molecular weight excluding hydrogens is 208 g/mol. The minimum Gasteiger partial charge on any atom is -0.477 e. The maximum Gasteiger partial charge on any atom is 0.354 e. The summed E-state index contributed by atoms with van der Waals surface area (Å²) >= 11 is 4.77. The molecule has 2 aromatic rings. The molecule has 2 rings (SSSR count). The summed E-state index contributed by atoms with van der Waals surface area (Å²) in [6.45, 7) is 0. The van der Waals surface area contributed by atoms with Crippen molar-refractivity contribution in [3.8, 4) is 0 Å². The minimum absolute atomic E-state index is 0.0832. The van der Waals surface area contributed by atoms with Gasteiger partial charge in [-0.3, -0.25) is 15.0 Å². The molecule has 0 spiro atoms. The van der Waals surface area contributed by atoms with Crippen molar-refractivity contribution in [1.29, 1.82) is 0 Å². The van der Waals surface area contributed by atoms with E-state index < -0.39 is 11.5 Å². The average Bonchev–Trinajstić information content (AvgIpc) is 2.48. The van der Waals surface area contributed by atoms with Crippen LogP contribution in [0.15, 0.2) is 10.9 Å². The smallest absolute Gasteiger partial charge is 0.354 e. The molecule has 0 radical (unpaired) electrons. The van der Waals surface area contributed by atoms with Gasteiger partial charge in [-0.05, 0) is 12.2 Å². The molecule has 0 aliphatic rings. The Labute approximate surface area is 81.0 Å². The molecule has 14 heavy (non-hydrogen) atoms. The van der Waals surface area contributed by atoms with E-state index in [1.54, 1.807) is 0 Å². The quantitative estimate of drug-likeness (QED) is 0.567. The molecular formula is C6H4N4O3S. The van der Waals surface area contributed by atoms with E-state index in [1.165, 1.54) is 0 Å². The Bertz CT molecular complexity index is 622. The topological polar surface area (TPSA) is 103 Å². The fourth-order valence-corrected chi connectivity index (χ4v) is 1.26. The number of nitrogens with zero attached hydrogens (tertiary/aromatic N) is 2. The van der Waals surface area contributed by atoms with Gasteiger partial charge in [-0.25, -0.2) is 14.2 Å². The third kappa shape index (κ3) is 1.12. The van der Waals surface area contributed by atoms with Crippen LogP contribution in [0.2, 0.25) is 0 Å². The number of aromatic carboxylic acids is 1. The molecule has 0 aliphatic heterocycles. The van der Waals surface area contributed by atoms with Crippen LogP contribution in [0.1, 0.15) is 10.5 Å². The number of carbonyl (C=O) groups is 1. The van der Waals surface area contributed by atoms with Gasteiger partial charge in [-0.15, -0.1) is 0 Å². The first-order chi connectivity index (χ1) is 6.59. The third-order valence-electron chi connectivity index (χ3n) is 1.62. The molecule has 2 heterocycles. The monoisotopic (exact) mass is 212 g/mol. The predicted octanol–water partition coefficient (Wildman–Crippen LogP) is -0.222. The first-order valence-electron chi connectivity index (χ1n) is 3.53. The highest BCUT2D eigenvalue weighted by Crippen LogP contribution is 1.95. The summed E-state index contributed by atoms with van der Waals surface area (Å²) in [5, 5.41) is 13.6. The first kappa shape index (κ1) is 8.63. The lowest BCUT2D eigenvalue weighted by molar-refractivity contribution is 0.0690. The summed E-state index contributed by atoms with van der Waals surface area (Å²) in [7, 11) is 0. The molecule has 0 atom stereocenters. The predicted molar refractivity (Wildman–Crippen MR) is 48.0 cm³/mol. The average molecular weight is 212 g/mol. The summed E-state index contributed by atoms with van der Waals surface area (Å²) < 4.78 is 1.22. The molecule has 3 N–H and O–H groups in total. The molecule has 0 amide bonds. The second-order valence-electron chi connectivity index (χ2n) is 2.50. The molecule has 0 saturated heterocycles. The van der Waals surface area contributed by atoms with Crippen molar-refractivity contribution in [2.45, 2.75) is 0 Å². The van der Waals surface area contributed by atoms with E-state index in [2.05, 4.69) is 15.2 Å². The van der Waals surface area contributed by atoms with Crippen LogP contribution in [-0.4, -0.2) is 30.7 Å². The van der Waals surface area contributed by atoms with Crippen LogP contribution in [0.25, 0.3) is 5.78 Å². The Kier molecular flexibility index (Phi) is 1.71. The number of hydrogen-bond donors (Lipinski definition) is 3. The van der Waals surface area contributed by atoms with Gasteiger partial charge in [0.05, 0.1) is 0 Å². The Balaban J connectivity index is 2.95. The van der Waals surface area contributed by atoms with E-state index in [-0.39, 0.29) is 16.2 Å². The summed E-state index contributed by atoms with van der Waals surface area (Å²) in [5.74, 6) is -1.18. The van der Waals surface area contributed by atoms with Crippen molar-refractivity contribution in [3.05, 3.63) is 26.9 Å². The zero-order valence-electron chi connectivity index (χ0n) is 6.64. The number of fused-ring (bicyclic) bond motifs is 1. The number of aromatic nitrogens is 4. The fourth-order valence-electron chi connectivity index (χ4n) is 1.04. The maximum atomic E-state index is 11.3. The Morgan fingerprint density at radius 3 is 2.93 bits per heavy atom. The Morgan fingerprint density at radius 1 is 1.57 bits per heavy atom. The normalized spacial score (nSPS) is 10.6. The summed E-state index contributed by atoms with van der Waals surface area (Å²) in [6.07, 6.45) is 0. The van der Waals surface area contributed by atoms with Crippen LogP contribution < -0.4 is 5.56 Å². The molecule has 8 heteroatoms. The van der Waals surface area contributed by atoms with Crippen LogP contribution >= 0.6 is 12.2 Å². The summed E-state index contributed by atoms with van der Waals surface area (Å²) in [4.78, 5) is 25.5. The Hall–Kier alpha value is -1.96. The van der Waals surface area contributed by atoms with Gasteiger partial charge in [0.2, 0.25) is 10.5 Å². The van der Waals surface area contributed by atoms with Crippen molar-refractivity contribution < 1.29 is 9.90 Å². The highest BCUT2D eigenvalue weighted by molar-refractivity contribution is 7.71. The molecule has 0 aromatic carbocycles. The Morgan fingerprint density at radius 2 is 2.29 bits per heavy atom. The second kappa shape index (κ2) is 2.77. The van der Waals surface area contributed by atoms with Crippen molar-refractivity contribution in [1.82, 2.24) is 19.6 Å². The summed E-state index contributed by atoms with van der Waals surface area (Å²) in [5.41, 5.74) is -0.852. The number of nitrogens with one attached hydrogen (secondary N) is 2. The van der Waals surface area contributed by atoms with Gasteiger partial charge in [0.25, 0.3) is 5.56 Å². The first-order valence-corrected chi connectivity index (χ1v) is 3.94. The SMILES string of the molecule is O=C(O)c1cc(=O)n2c(=S)[nH][nH]c2n1. The zero-order chi connectivity index (χ0) is 10.3. The molecule has 7 nitrogen and oxygen atoms in total. The highest BCUT2D eigenvalue weighted by Gasteiger charge is 2.09. The highest BCUT2D eigenvalue weighted by atomic mass is 32.1. The maximum absolute atomic E-state index is 11.3. The largest absolute Gasteiger partial charge is 0.477 e. The van der Waals surface area contributed by atoms with Crippen molar-refractivity contribution in [2.75, 3.05) is 0 Å². The van der Waals surface area contributed by atoms with Crippen LogP contribution in [0.5, 0.6) is 0 Å². The lowest BCUT2D eigenvalue weighted by Gasteiger charge is -1.92. The van der Waals surface area contributed by atoms with Gasteiger partial charge in [-0.1, -0.05) is 0 Å². The van der Waals surface area contributed by atoms with E-state index in [4.69, 9.17) is 17.3 Å². The van der Waals surface area contributed by atoms with Gasteiger partial charge in [-0.2, -0.15) is 0 Å². The zero-order valence-corrected chi connectivity index (χ0v) is 7.46. The van der Waals surface area contributed by atoms with Crippen molar-refractivity contribution >= 4 is 24.0 Å². The third-order valence-corrected chi connectivity index (χ3v) is 1.91. The molecule has 72 valence electrons. The number of hydrogen-bond acceptors (Lipinski definition) is 4. The molecule has 0 fully saturated rings. The molecule has 0 bridgehead atoms. The number of H-pyrrole nitrogens is 2. The molecule has 0 unspecified atom stereocenters. The summed E-state index contributed by atoms with van der Waals surface area (Å²) in [6, 6.07) is 0.910. The minimum atomic E-state index is -1.26. The molecule has 0 aliphatic carbocycles. The van der Waals surface area contributed by atoms with E-state index in [9.17, 15) is 9.59 Å². The van der Waals surface area contributed by atoms with Gasteiger partial charge in [0.1, 0.15) is 0 Å². The van der Waals surface area contributed by atoms with E-state index in [0.717, 1.165) is 10.5 Å². The van der Waals surface area contributed by atoms with Gasteiger partial charge < -0.3 is 5.11 Å². The van der Waals surface area contributed by atoms with E-state index in [0.29, 0.717) is 0 Å². The molecule has 0 saturated carbocycles. The number of rotatable bonds is 1. The van der Waals surface area contributed by atoms with Crippen LogP contribution in [0.3, 0.4) is 0 Å². The lowest BCUT2D eigenvalue weighted by atomic mass is 10.4. The van der Waals surface area contributed by atoms with Gasteiger partial charge in [0.15, 0.2) is 5.69 Å². The molecule has 2 aromatic heterocycles. The van der Waals surface area contributed by atoms with Gasteiger partial charge >= 0.3 is 5.97 Å². The number of carboxylic acids is 1. The van der Waals surface area contributed by atoms with E-state index in [1.807, 2.05) is 0 Å². The van der Waals surface area contributed by atoms with Crippen LogP contribution in [0.4, 0.5) is 0 Å².